The zero-order valence-electron chi connectivity index (χ0n) is 42.7. The van der Waals surface area contributed by atoms with Crippen LogP contribution in [0.3, 0.4) is 0 Å². The number of nitriles is 1. The number of nitrogens with one attached hydrogen (secondary N) is 1. The molecule has 14 heteroatoms. The first-order chi connectivity index (χ1) is 34.7. The van der Waals surface area contributed by atoms with Crippen molar-refractivity contribution in [1.29, 1.82) is 5.26 Å². The highest BCUT2D eigenvalue weighted by atomic mass is 32.2. The van der Waals surface area contributed by atoms with E-state index in [0.29, 0.717) is 52.9 Å². The van der Waals surface area contributed by atoms with Crippen LogP contribution in [0, 0.1) is 25.2 Å². The Kier molecular flexibility index (Phi) is 14.2. The van der Waals surface area contributed by atoms with Gasteiger partial charge in [-0.3, -0.25) is 9.80 Å². The largest absolute Gasteiger partial charge is 0.493 e. The Morgan fingerprint density at radius 1 is 0.875 bits per heavy atom. The molecule has 0 aromatic heterocycles. The number of amides is 1. The average molecular weight is 995 g/mol. The topological polar surface area (TPSA) is 141 Å². The summed E-state index contributed by atoms with van der Waals surface area (Å²) in [5, 5.41) is 14.3. The van der Waals surface area contributed by atoms with Crippen molar-refractivity contribution >= 4 is 23.8 Å². The Labute approximate surface area is 428 Å². The molecular weight excluding hydrogens is 929 g/mol. The van der Waals surface area contributed by atoms with Crippen LogP contribution in [-0.4, -0.2) is 104 Å². The van der Waals surface area contributed by atoms with E-state index in [2.05, 4.69) is 102 Å². The smallest absolute Gasteiger partial charge is 0.408 e. The maximum atomic E-state index is 14.9. The van der Waals surface area contributed by atoms with Gasteiger partial charge < -0.3 is 38.5 Å². The molecule has 0 saturated carbocycles. The van der Waals surface area contributed by atoms with E-state index in [-0.39, 0.29) is 56.2 Å². The zero-order valence-corrected chi connectivity index (χ0v) is 43.5. The molecular formula is C58H66N4O9S. The van der Waals surface area contributed by atoms with Gasteiger partial charge in [0.15, 0.2) is 23.0 Å². The predicted octanol–water partition coefficient (Wildman–Crippen LogP) is 10.2. The molecule has 4 aliphatic heterocycles. The molecule has 1 amide bonds. The number of thioether (sulfide) groups is 1. The molecule has 4 aromatic rings. The molecule has 13 nitrogen and oxygen atoms in total. The first-order valence-corrected chi connectivity index (χ1v) is 25.8. The molecule has 0 radical (unpaired) electrons. The lowest BCUT2D eigenvalue weighted by Gasteiger charge is -2.65. The van der Waals surface area contributed by atoms with Crippen molar-refractivity contribution in [2.24, 2.45) is 0 Å². The minimum atomic E-state index is -1.09. The van der Waals surface area contributed by atoms with Crippen LogP contribution in [0.15, 0.2) is 92.6 Å². The van der Waals surface area contributed by atoms with Crippen LogP contribution in [0.2, 0.25) is 0 Å². The number of benzene rings is 4. The zero-order chi connectivity index (χ0) is 51.2. The Morgan fingerprint density at radius 3 is 2.06 bits per heavy atom. The SMILES string of the molecule is C=CCOc1c(C)c(OC)c(OCC=C)c2c1CC1C3c4c(cc(C)c(OC)c4OCC=C)C4(C)CC(C(C#N)N1C2COC(=O)C(CSCC1c2ccccc2-c2ccccc21)NC(=O)OC(C)(C)C)N34. The highest BCUT2D eigenvalue weighted by molar-refractivity contribution is 7.99. The highest BCUT2D eigenvalue weighted by Gasteiger charge is 2.69. The van der Waals surface area contributed by atoms with E-state index >= 15 is 0 Å². The minimum Gasteiger partial charge on any atom is -0.493 e. The first-order valence-electron chi connectivity index (χ1n) is 24.7. The number of alkyl carbamates (subject to hydrolysis) is 1. The van der Waals surface area contributed by atoms with Gasteiger partial charge >= 0.3 is 12.1 Å². The summed E-state index contributed by atoms with van der Waals surface area (Å²) >= 11 is 1.56. The molecule has 4 heterocycles. The van der Waals surface area contributed by atoms with E-state index in [1.54, 1.807) is 65.0 Å². The minimum absolute atomic E-state index is 0.0865. The van der Waals surface area contributed by atoms with Crippen molar-refractivity contribution in [3.63, 3.8) is 0 Å². The lowest BCUT2D eigenvalue weighted by molar-refractivity contribution is -0.185. The van der Waals surface area contributed by atoms with E-state index in [1.165, 1.54) is 22.3 Å². The summed E-state index contributed by atoms with van der Waals surface area (Å²) < 4.78 is 44.3. The van der Waals surface area contributed by atoms with Crippen LogP contribution in [0.1, 0.15) is 96.6 Å². The van der Waals surface area contributed by atoms with Gasteiger partial charge in [-0.2, -0.15) is 17.0 Å². The van der Waals surface area contributed by atoms with E-state index < -0.39 is 41.3 Å². The monoisotopic (exact) mass is 994 g/mol. The first kappa shape index (κ1) is 50.5. The fourth-order valence-electron chi connectivity index (χ4n) is 12.3. The van der Waals surface area contributed by atoms with E-state index in [9.17, 15) is 14.9 Å². The molecule has 2 fully saturated rings. The number of hydrogen-bond donors (Lipinski definition) is 1. The van der Waals surface area contributed by atoms with E-state index in [0.717, 1.165) is 27.8 Å². The van der Waals surface area contributed by atoms with Gasteiger partial charge in [-0.1, -0.05) is 86.5 Å². The number of methoxy groups -OCH3 is 2. The summed E-state index contributed by atoms with van der Waals surface area (Å²) in [4.78, 5) is 33.2. The van der Waals surface area contributed by atoms with Gasteiger partial charge in [0.05, 0.1) is 32.4 Å². The highest BCUT2D eigenvalue weighted by Crippen LogP contribution is 2.68. The standard InChI is InChI=1S/C58H66N4O9S/c1-12-23-67-51-34(5)52(66-11)53(68-24-13-2)47-39(51)27-43-49-48-41(26-33(4)50(65-10)54(48)69-25-14-3)58(9)28-44(62(49)58)45(29-59)61(43)46(47)30-70-55(63)42(60-56(64)71-57(6,7)8)32-72-31-40-37-21-17-15-19-35(37)36-20-16-18-22-38(36)40/h12-22,26,40,42-46,49H,1-3,23-25,27-28,30-32H2,4-11H3,(H,60,64). The second-order valence-electron chi connectivity index (χ2n) is 20.3. The van der Waals surface area contributed by atoms with Crippen LogP contribution in [0.25, 0.3) is 11.1 Å². The summed E-state index contributed by atoms with van der Waals surface area (Å²) in [6, 6.07) is 18.4. The number of carbonyl (C=O) groups excluding carboxylic acids is 2. The Hall–Kier alpha value is -6.40. The van der Waals surface area contributed by atoms with Crippen molar-refractivity contribution in [1.82, 2.24) is 15.1 Å². The maximum absolute atomic E-state index is 14.9. The molecule has 72 heavy (non-hydrogen) atoms. The third-order valence-corrected chi connectivity index (χ3v) is 16.0. The van der Waals surface area contributed by atoms with Crippen LogP contribution >= 0.6 is 11.8 Å². The van der Waals surface area contributed by atoms with Gasteiger partial charge in [-0.05, 0) is 93.8 Å². The van der Waals surface area contributed by atoms with Crippen LogP contribution in [0.4, 0.5) is 4.79 Å². The number of hydrogen-bond acceptors (Lipinski definition) is 13. The average Bonchev–Trinajstić information content (AvgIpc) is 3.78. The molecule has 1 aliphatic carbocycles. The number of esters is 1. The van der Waals surface area contributed by atoms with Gasteiger partial charge in [0.2, 0.25) is 0 Å². The van der Waals surface area contributed by atoms with Crippen LogP contribution in [0.5, 0.6) is 28.7 Å². The van der Waals surface area contributed by atoms with Crippen molar-refractivity contribution in [2.45, 2.75) is 108 Å². The normalized spacial score (nSPS) is 22.7. The number of ether oxygens (including phenoxy) is 7. The summed E-state index contributed by atoms with van der Waals surface area (Å²) in [5.74, 6) is 3.10. The molecule has 7 unspecified atom stereocenters. The second kappa shape index (κ2) is 20.2. The lowest BCUT2D eigenvalue weighted by Crippen LogP contribution is -2.74. The van der Waals surface area contributed by atoms with E-state index in [1.807, 2.05) is 13.8 Å². The van der Waals surface area contributed by atoms with Crippen molar-refractivity contribution in [2.75, 3.05) is 52.2 Å². The molecule has 1 N–H and O–H groups in total. The molecule has 9 rings (SSSR count). The Bertz CT molecular complexity index is 2810. The molecule has 4 aromatic carbocycles. The van der Waals surface area contributed by atoms with Gasteiger partial charge in [0.25, 0.3) is 0 Å². The van der Waals surface area contributed by atoms with Gasteiger partial charge in [0.1, 0.15) is 49.9 Å². The summed E-state index contributed by atoms with van der Waals surface area (Å²) in [7, 11) is 3.24. The van der Waals surface area contributed by atoms with Crippen molar-refractivity contribution in [3.8, 4) is 45.9 Å². The fourth-order valence-corrected chi connectivity index (χ4v) is 13.5. The third kappa shape index (κ3) is 8.56. The molecule has 5 aliphatic rings. The molecule has 0 bridgehead atoms. The number of fused-ring (bicyclic) bond motifs is 9. The second-order valence-corrected chi connectivity index (χ2v) is 21.4. The Morgan fingerprint density at radius 2 is 1.47 bits per heavy atom. The van der Waals surface area contributed by atoms with Gasteiger partial charge in [-0.25, -0.2) is 9.59 Å². The van der Waals surface area contributed by atoms with Crippen molar-refractivity contribution < 1.29 is 42.7 Å². The number of aryl methyl sites for hydroxylation is 1. The molecule has 2 saturated heterocycles. The fraction of sp³-hybridized carbons (Fsp3) is 0.431. The van der Waals surface area contributed by atoms with Crippen molar-refractivity contribution in [3.05, 3.63) is 137 Å². The van der Waals surface area contributed by atoms with Gasteiger partial charge in [0, 0.05) is 57.3 Å². The summed E-state index contributed by atoms with van der Waals surface area (Å²) in [5.41, 5.74) is 8.98. The summed E-state index contributed by atoms with van der Waals surface area (Å²) in [6.45, 7) is 23.8. The number of piperazine rings is 1. The maximum Gasteiger partial charge on any atom is 0.408 e. The van der Waals surface area contributed by atoms with Crippen LogP contribution in [-0.2, 0) is 26.2 Å². The molecule has 0 spiro atoms. The molecule has 7 atom stereocenters. The Balaban J connectivity index is 1.14. The third-order valence-electron chi connectivity index (χ3n) is 14.9. The number of carbonyl (C=O) groups is 2. The predicted molar refractivity (Wildman–Crippen MR) is 280 cm³/mol. The summed E-state index contributed by atoms with van der Waals surface area (Å²) in [6.07, 6.45) is 5.48. The molecule has 378 valence electrons. The number of rotatable bonds is 19. The quantitative estimate of drug-likeness (QED) is 0.0705. The van der Waals surface area contributed by atoms with Crippen LogP contribution < -0.4 is 29.0 Å². The number of nitrogens with zero attached hydrogens (tertiary/aromatic N) is 3. The van der Waals surface area contributed by atoms with E-state index in [4.69, 9.17) is 33.2 Å². The van der Waals surface area contributed by atoms with Gasteiger partial charge in [-0.15, -0.1) is 0 Å². The lowest BCUT2D eigenvalue weighted by atomic mass is 9.70.